The van der Waals surface area contributed by atoms with E-state index < -0.39 is 0 Å². The summed E-state index contributed by atoms with van der Waals surface area (Å²) in [7, 11) is 0. The van der Waals surface area contributed by atoms with Crippen LogP contribution in [-0.2, 0) is 0 Å². The molecule has 1 aromatic rings. The quantitative estimate of drug-likeness (QED) is 0.905. The Morgan fingerprint density at radius 1 is 1.56 bits per heavy atom. The zero-order valence-electron chi connectivity index (χ0n) is 10.4. The topological polar surface area (TPSA) is 32.3 Å². The fourth-order valence-electron chi connectivity index (χ4n) is 3.13. The molecule has 0 spiro atoms. The number of carbonyl (C=O) groups is 1. The van der Waals surface area contributed by atoms with Crippen LogP contribution in [-0.4, -0.2) is 36.0 Å². The smallest absolute Gasteiger partial charge is 0.261 e. The SMILES string of the molecule is CC1CC2CCN1C[C@@H]2NC(=O)c1ccc(Br)s1. The first-order valence-corrected chi connectivity index (χ1v) is 8.04. The molecule has 1 N–H and O–H groups in total. The second-order valence-electron chi connectivity index (χ2n) is 5.31. The molecule has 4 rings (SSSR count). The molecule has 0 radical (unpaired) electrons. The lowest BCUT2D eigenvalue weighted by molar-refractivity contribution is 0.0275. The zero-order chi connectivity index (χ0) is 12.7. The van der Waals surface area contributed by atoms with Crippen LogP contribution in [0.1, 0.15) is 29.4 Å². The van der Waals surface area contributed by atoms with E-state index in [0.717, 1.165) is 15.2 Å². The van der Waals surface area contributed by atoms with Gasteiger partial charge in [0.2, 0.25) is 0 Å². The summed E-state index contributed by atoms with van der Waals surface area (Å²) >= 11 is 4.89. The van der Waals surface area contributed by atoms with E-state index in [1.54, 1.807) is 0 Å². The van der Waals surface area contributed by atoms with Crippen LogP contribution in [0.2, 0.25) is 0 Å². The zero-order valence-corrected chi connectivity index (χ0v) is 12.8. The van der Waals surface area contributed by atoms with E-state index >= 15 is 0 Å². The minimum absolute atomic E-state index is 0.0807. The molecule has 3 nitrogen and oxygen atoms in total. The number of hydrogen-bond donors (Lipinski definition) is 1. The van der Waals surface area contributed by atoms with Gasteiger partial charge >= 0.3 is 0 Å². The average molecular weight is 329 g/mol. The Bertz CT molecular complexity index is 462. The van der Waals surface area contributed by atoms with Crippen LogP contribution in [0.3, 0.4) is 0 Å². The summed E-state index contributed by atoms with van der Waals surface area (Å²) < 4.78 is 1.01. The fourth-order valence-corrected chi connectivity index (χ4v) is 4.42. The highest BCUT2D eigenvalue weighted by Crippen LogP contribution is 2.32. The molecule has 1 amide bonds. The Balaban J connectivity index is 1.65. The molecule has 4 atom stereocenters. The molecule has 3 fully saturated rings. The molecule has 3 unspecified atom stereocenters. The van der Waals surface area contributed by atoms with Gasteiger partial charge < -0.3 is 5.32 Å². The standard InChI is InChI=1S/C13H17BrN2OS/c1-8-6-9-4-5-16(8)7-10(9)15-13(17)11-2-3-12(14)18-11/h2-3,8-10H,4-7H2,1H3,(H,15,17)/t8?,9?,10-/m0/s1. The van der Waals surface area contributed by atoms with Crippen LogP contribution >= 0.6 is 27.3 Å². The predicted molar refractivity (Wildman–Crippen MR) is 77.0 cm³/mol. The molecule has 3 aliphatic heterocycles. The summed E-state index contributed by atoms with van der Waals surface area (Å²) in [5.41, 5.74) is 0. The van der Waals surface area contributed by atoms with E-state index in [9.17, 15) is 4.79 Å². The normalized spacial score (nSPS) is 34.6. The Morgan fingerprint density at radius 3 is 2.94 bits per heavy atom. The molecule has 1 aromatic heterocycles. The summed E-state index contributed by atoms with van der Waals surface area (Å²) in [6.07, 6.45) is 2.45. The lowest BCUT2D eigenvalue weighted by Crippen LogP contribution is -2.60. The molecule has 0 saturated carbocycles. The number of carbonyl (C=O) groups excluding carboxylic acids is 1. The molecular formula is C13H17BrN2OS. The third-order valence-electron chi connectivity index (χ3n) is 4.17. The first-order chi connectivity index (χ1) is 8.63. The van der Waals surface area contributed by atoms with Crippen LogP contribution in [0.15, 0.2) is 15.9 Å². The van der Waals surface area contributed by atoms with Crippen LogP contribution in [0.5, 0.6) is 0 Å². The van der Waals surface area contributed by atoms with Gasteiger partial charge in [-0.05, 0) is 60.3 Å². The summed E-state index contributed by atoms with van der Waals surface area (Å²) in [4.78, 5) is 15.4. The van der Waals surface area contributed by atoms with Crippen molar-refractivity contribution >= 4 is 33.2 Å². The molecule has 2 bridgehead atoms. The van der Waals surface area contributed by atoms with Crippen molar-refractivity contribution in [3.8, 4) is 0 Å². The third-order valence-corrected chi connectivity index (χ3v) is 5.79. The molecule has 5 heteroatoms. The molecule has 4 heterocycles. The molecule has 18 heavy (non-hydrogen) atoms. The summed E-state index contributed by atoms with van der Waals surface area (Å²) in [6.45, 7) is 4.51. The molecule has 98 valence electrons. The van der Waals surface area contributed by atoms with Gasteiger partial charge in [0.05, 0.1) is 8.66 Å². The highest BCUT2D eigenvalue weighted by molar-refractivity contribution is 9.11. The fraction of sp³-hybridized carbons (Fsp3) is 0.615. The van der Waals surface area contributed by atoms with Crippen molar-refractivity contribution < 1.29 is 4.79 Å². The highest BCUT2D eigenvalue weighted by atomic mass is 79.9. The predicted octanol–water partition coefficient (Wildman–Crippen LogP) is 2.72. The van der Waals surface area contributed by atoms with E-state index in [1.165, 1.54) is 30.7 Å². The number of nitrogens with one attached hydrogen (secondary N) is 1. The van der Waals surface area contributed by atoms with Gasteiger partial charge in [0.15, 0.2) is 0 Å². The minimum atomic E-state index is 0.0807. The molecule has 0 aromatic carbocycles. The number of amides is 1. The number of piperidine rings is 3. The van der Waals surface area contributed by atoms with Crippen LogP contribution in [0.4, 0.5) is 0 Å². The van der Waals surface area contributed by atoms with E-state index in [0.29, 0.717) is 18.0 Å². The summed E-state index contributed by atoms with van der Waals surface area (Å²) in [5, 5.41) is 3.21. The van der Waals surface area contributed by atoms with Gasteiger partial charge in [0, 0.05) is 18.6 Å². The van der Waals surface area contributed by atoms with Gasteiger partial charge in [-0.15, -0.1) is 11.3 Å². The van der Waals surface area contributed by atoms with Gasteiger partial charge in [0.25, 0.3) is 5.91 Å². The summed E-state index contributed by atoms with van der Waals surface area (Å²) in [5.74, 6) is 0.745. The van der Waals surface area contributed by atoms with Crippen molar-refractivity contribution in [2.75, 3.05) is 13.1 Å². The van der Waals surface area contributed by atoms with Gasteiger partial charge in [-0.25, -0.2) is 0 Å². The molecule has 3 aliphatic rings. The highest BCUT2D eigenvalue weighted by Gasteiger charge is 2.38. The lowest BCUT2D eigenvalue weighted by Gasteiger charge is -2.48. The van der Waals surface area contributed by atoms with Crippen LogP contribution in [0, 0.1) is 5.92 Å². The second kappa shape index (κ2) is 4.94. The van der Waals surface area contributed by atoms with Crippen LogP contribution < -0.4 is 5.32 Å². The second-order valence-corrected chi connectivity index (χ2v) is 7.78. The number of hydrogen-bond acceptors (Lipinski definition) is 3. The van der Waals surface area contributed by atoms with Gasteiger partial charge in [-0.3, -0.25) is 9.69 Å². The number of nitrogens with zero attached hydrogens (tertiary/aromatic N) is 1. The number of rotatable bonds is 2. The molecular weight excluding hydrogens is 312 g/mol. The minimum Gasteiger partial charge on any atom is -0.347 e. The Morgan fingerprint density at radius 2 is 2.39 bits per heavy atom. The molecule has 3 saturated heterocycles. The maximum absolute atomic E-state index is 12.1. The van der Waals surface area contributed by atoms with E-state index in [-0.39, 0.29) is 5.91 Å². The van der Waals surface area contributed by atoms with E-state index in [2.05, 4.69) is 33.1 Å². The van der Waals surface area contributed by atoms with Gasteiger partial charge in [0.1, 0.15) is 0 Å². The van der Waals surface area contributed by atoms with Crippen molar-refractivity contribution in [1.82, 2.24) is 10.2 Å². The number of halogens is 1. The van der Waals surface area contributed by atoms with Gasteiger partial charge in [-0.2, -0.15) is 0 Å². The monoisotopic (exact) mass is 328 g/mol. The first-order valence-electron chi connectivity index (χ1n) is 6.44. The van der Waals surface area contributed by atoms with Crippen molar-refractivity contribution in [3.05, 3.63) is 20.8 Å². The van der Waals surface area contributed by atoms with Crippen molar-refractivity contribution in [1.29, 1.82) is 0 Å². The Labute approximate surface area is 120 Å². The Hall–Kier alpha value is -0.390. The number of thiophene rings is 1. The summed E-state index contributed by atoms with van der Waals surface area (Å²) in [6, 6.07) is 4.84. The largest absolute Gasteiger partial charge is 0.347 e. The third kappa shape index (κ3) is 2.36. The van der Waals surface area contributed by atoms with Crippen molar-refractivity contribution in [2.24, 2.45) is 5.92 Å². The average Bonchev–Trinajstić information content (AvgIpc) is 2.77. The maximum Gasteiger partial charge on any atom is 0.261 e. The van der Waals surface area contributed by atoms with Gasteiger partial charge in [-0.1, -0.05) is 0 Å². The van der Waals surface area contributed by atoms with E-state index in [1.807, 2.05) is 12.1 Å². The van der Waals surface area contributed by atoms with Crippen molar-refractivity contribution in [3.63, 3.8) is 0 Å². The Kier molecular flexibility index (Phi) is 3.47. The number of fused-ring (bicyclic) bond motifs is 3. The van der Waals surface area contributed by atoms with Crippen molar-refractivity contribution in [2.45, 2.75) is 31.8 Å². The molecule has 0 aliphatic carbocycles. The van der Waals surface area contributed by atoms with E-state index in [4.69, 9.17) is 0 Å². The van der Waals surface area contributed by atoms with Crippen LogP contribution in [0.25, 0.3) is 0 Å². The first kappa shape index (κ1) is 12.6. The lowest BCUT2D eigenvalue weighted by atomic mass is 9.80. The maximum atomic E-state index is 12.1.